The van der Waals surface area contributed by atoms with Crippen molar-refractivity contribution < 1.29 is 14.6 Å². The van der Waals surface area contributed by atoms with Crippen LogP contribution in [0.1, 0.15) is 18.1 Å². The number of ether oxygens (including phenoxy) is 2. The third kappa shape index (κ3) is 3.18. The van der Waals surface area contributed by atoms with E-state index < -0.39 is 5.60 Å². The van der Waals surface area contributed by atoms with Crippen LogP contribution in [0.2, 0.25) is 5.02 Å². The lowest BCUT2D eigenvalue weighted by molar-refractivity contribution is 0.0989. The highest BCUT2D eigenvalue weighted by molar-refractivity contribution is 9.10. The van der Waals surface area contributed by atoms with Crippen molar-refractivity contribution in [1.82, 2.24) is 0 Å². The topological polar surface area (TPSA) is 38.7 Å². The smallest absolute Gasteiger partial charge is 0.128 e. The predicted molar refractivity (Wildman–Crippen MR) is 87.4 cm³/mol. The highest BCUT2D eigenvalue weighted by Gasteiger charge is 2.31. The fourth-order valence-electron chi connectivity index (χ4n) is 2.23. The highest BCUT2D eigenvalue weighted by atomic mass is 79.9. The maximum atomic E-state index is 11.0. The quantitative estimate of drug-likeness (QED) is 0.867. The van der Waals surface area contributed by atoms with Crippen molar-refractivity contribution in [2.24, 2.45) is 0 Å². The van der Waals surface area contributed by atoms with Crippen molar-refractivity contribution in [3.05, 3.63) is 57.0 Å². The van der Waals surface area contributed by atoms with Gasteiger partial charge in [0.05, 0.1) is 14.2 Å². The Bertz CT molecular complexity index is 656. The van der Waals surface area contributed by atoms with Gasteiger partial charge in [-0.3, -0.25) is 0 Å². The zero-order valence-corrected chi connectivity index (χ0v) is 14.3. The van der Waals surface area contributed by atoms with Crippen molar-refractivity contribution in [1.29, 1.82) is 0 Å². The molecule has 0 saturated heterocycles. The number of hydrogen-bond acceptors (Lipinski definition) is 3. The van der Waals surface area contributed by atoms with Gasteiger partial charge in [0.1, 0.15) is 17.1 Å². The van der Waals surface area contributed by atoms with Crippen LogP contribution in [0.4, 0.5) is 0 Å². The molecule has 0 aliphatic heterocycles. The van der Waals surface area contributed by atoms with Crippen molar-refractivity contribution in [2.45, 2.75) is 12.5 Å². The van der Waals surface area contributed by atoms with Crippen LogP contribution in [-0.2, 0) is 5.60 Å². The largest absolute Gasteiger partial charge is 0.497 e. The van der Waals surface area contributed by atoms with Crippen LogP contribution in [0.5, 0.6) is 11.5 Å². The molecule has 112 valence electrons. The number of methoxy groups -OCH3 is 2. The van der Waals surface area contributed by atoms with Crippen LogP contribution in [0.3, 0.4) is 0 Å². The molecule has 0 aliphatic carbocycles. The second-order valence-electron chi connectivity index (χ2n) is 4.76. The van der Waals surface area contributed by atoms with Gasteiger partial charge in [-0.05, 0) is 31.2 Å². The normalized spacial score (nSPS) is 13.6. The van der Waals surface area contributed by atoms with Gasteiger partial charge in [0.15, 0.2) is 0 Å². The lowest BCUT2D eigenvalue weighted by atomic mass is 9.87. The van der Waals surface area contributed by atoms with Crippen LogP contribution >= 0.6 is 27.5 Å². The van der Waals surface area contributed by atoms with E-state index in [0.717, 1.165) is 4.47 Å². The minimum Gasteiger partial charge on any atom is -0.497 e. The van der Waals surface area contributed by atoms with Gasteiger partial charge in [-0.25, -0.2) is 0 Å². The third-order valence-corrected chi connectivity index (χ3v) is 4.19. The molecular weight excluding hydrogens is 356 g/mol. The zero-order valence-electron chi connectivity index (χ0n) is 12.0. The number of aliphatic hydroxyl groups is 1. The Morgan fingerprint density at radius 3 is 2.29 bits per heavy atom. The summed E-state index contributed by atoms with van der Waals surface area (Å²) in [6.07, 6.45) is 0. The summed E-state index contributed by atoms with van der Waals surface area (Å²) in [5.41, 5.74) is -0.0547. The average Bonchev–Trinajstić information content (AvgIpc) is 2.46. The average molecular weight is 372 g/mol. The first kappa shape index (κ1) is 16.1. The van der Waals surface area contributed by atoms with Crippen LogP contribution in [0.25, 0.3) is 0 Å². The Balaban J connectivity index is 2.57. The third-order valence-electron chi connectivity index (χ3n) is 3.39. The number of rotatable bonds is 4. The van der Waals surface area contributed by atoms with Crippen LogP contribution < -0.4 is 9.47 Å². The van der Waals surface area contributed by atoms with Gasteiger partial charge in [-0.15, -0.1) is 0 Å². The first-order chi connectivity index (χ1) is 9.90. The molecule has 2 rings (SSSR count). The molecule has 0 aliphatic rings. The summed E-state index contributed by atoms with van der Waals surface area (Å²) in [6, 6.07) is 10.7. The van der Waals surface area contributed by atoms with E-state index in [2.05, 4.69) is 15.9 Å². The molecular formula is C16H16BrClO3. The molecule has 3 nitrogen and oxygen atoms in total. The maximum Gasteiger partial charge on any atom is 0.128 e. The van der Waals surface area contributed by atoms with Crippen LogP contribution in [0, 0.1) is 0 Å². The van der Waals surface area contributed by atoms with Gasteiger partial charge in [-0.1, -0.05) is 33.6 Å². The molecule has 1 atom stereocenters. The molecule has 1 unspecified atom stereocenters. The lowest BCUT2D eigenvalue weighted by Gasteiger charge is -2.27. The minimum absolute atomic E-state index is 0.479. The van der Waals surface area contributed by atoms with Gasteiger partial charge in [-0.2, -0.15) is 0 Å². The summed E-state index contributed by atoms with van der Waals surface area (Å²) in [6.45, 7) is 1.69. The molecule has 1 N–H and O–H groups in total. The molecule has 2 aromatic rings. The Kier molecular flexibility index (Phi) is 4.81. The van der Waals surface area contributed by atoms with Gasteiger partial charge in [0.25, 0.3) is 0 Å². The number of benzene rings is 2. The molecule has 0 saturated carbocycles. The summed E-state index contributed by atoms with van der Waals surface area (Å²) in [5.74, 6) is 1.20. The van der Waals surface area contributed by atoms with E-state index in [4.69, 9.17) is 21.1 Å². The van der Waals surface area contributed by atoms with Crippen molar-refractivity contribution >= 4 is 27.5 Å². The van der Waals surface area contributed by atoms with E-state index in [-0.39, 0.29) is 0 Å². The monoisotopic (exact) mass is 370 g/mol. The van der Waals surface area contributed by atoms with E-state index >= 15 is 0 Å². The van der Waals surface area contributed by atoms with E-state index in [1.807, 2.05) is 6.07 Å². The fraction of sp³-hybridized carbons (Fsp3) is 0.250. The molecule has 2 aromatic carbocycles. The van der Waals surface area contributed by atoms with Gasteiger partial charge in [0, 0.05) is 26.7 Å². The van der Waals surface area contributed by atoms with Crippen LogP contribution in [0.15, 0.2) is 40.9 Å². The first-order valence-electron chi connectivity index (χ1n) is 6.30. The molecule has 0 bridgehead atoms. The molecule has 0 radical (unpaired) electrons. The molecule has 5 heteroatoms. The van der Waals surface area contributed by atoms with Gasteiger partial charge >= 0.3 is 0 Å². The van der Waals surface area contributed by atoms with Gasteiger partial charge in [0.2, 0.25) is 0 Å². The van der Waals surface area contributed by atoms with E-state index in [1.54, 1.807) is 51.5 Å². The highest BCUT2D eigenvalue weighted by Crippen LogP contribution is 2.40. The Hall–Kier alpha value is -1.23. The maximum absolute atomic E-state index is 11.0. The van der Waals surface area contributed by atoms with Crippen molar-refractivity contribution in [3.8, 4) is 11.5 Å². The van der Waals surface area contributed by atoms with Crippen LogP contribution in [-0.4, -0.2) is 19.3 Å². The fourth-order valence-corrected chi connectivity index (χ4v) is 3.09. The summed E-state index contributed by atoms with van der Waals surface area (Å²) < 4.78 is 11.4. The Labute approximate surface area is 137 Å². The molecule has 0 amide bonds. The molecule has 0 aromatic heterocycles. The predicted octanol–water partition coefficient (Wildman–Crippen LogP) is 4.38. The number of halogens is 2. The summed E-state index contributed by atoms with van der Waals surface area (Å²) in [7, 11) is 3.13. The second-order valence-corrected chi connectivity index (χ2v) is 6.09. The summed E-state index contributed by atoms with van der Waals surface area (Å²) >= 11 is 9.62. The lowest BCUT2D eigenvalue weighted by Crippen LogP contribution is -2.24. The molecule has 0 fully saturated rings. The second kappa shape index (κ2) is 6.26. The Morgan fingerprint density at radius 2 is 1.71 bits per heavy atom. The van der Waals surface area contributed by atoms with E-state index in [9.17, 15) is 5.11 Å². The number of hydrogen-bond donors (Lipinski definition) is 1. The standard InChI is InChI=1S/C16H16BrClO3/c1-16(19,12-6-4-10(17)8-14(12)18)13-7-5-11(20-2)9-15(13)21-3/h4-9,19H,1-3H3. The van der Waals surface area contributed by atoms with Crippen molar-refractivity contribution in [2.75, 3.05) is 14.2 Å². The minimum atomic E-state index is -1.28. The van der Waals surface area contributed by atoms with E-state index in [0.29, 0.717) is 27.6 Å². The first-order valence-corrected chi connectivity index (χ1v) is 7.47. The van der Waals surface area contributed by atoms with Gasteiger partial charge < -0.3 is 14.6 Å². The Morgan fingerprint density at radius 1 is 1.05 bits per heavy atom. The molecule has 0 heterocycles. The molecule has 21 heavy (non-hydrogen) atoms. The molecule has 0 spiro atoms. The SMILES string of the molecule is COc1ccc(C(C)(O)c2ccc(Br)cc2Cl)c(OC)c1. The van der Waals surface area contributed by atoms with E-state index in [1.165, 1.54) is 0 Å². The van der Waals surface area contributed by atoms with Crippen molar-refractivity contribution in [3.63, 3.8) is 0 Å². The summed E-state index contributed by atoms with van der Waals surface area (Å²) in [4.78, 5) is 0. The zero-order chi connectivity index (χ0) is 15.6. The summed E-state index contributed by atoms with van der Waals surface area (Å²) in [5, 5.41) is 11.5.